The van der Waals surface area contributed by atoms with Crippen LogP contribution in [0.15, 0.2) is 35.6 Å². The lowest BCUT2D eigenvalue weighted by atomic mass is 10.1. The fourth-order valence-electron chi connectivity index (χ4n) is 2.18. The zero-order chi connectivity index (χ0) is 17.6. The Labute approximate surface area is 142 Å². The molecule has 0 spiro atoms. The van der Waals surface area contributed by atoms with Crippen molar-refractivity contribution in [2.24, 2.45) is 0 Å². The third kappa shape index (κ3) is 4.99. The Morgan fingerprint density at radius 3 is 2.54 bits per heavy atom. The number of nitrogens with zero attached hydrogens (tertiary/aromatic N) is 2. The first-order valence-corrected chi connectivity index (χ1v) is 8.37. The molecule has 8 heteroatoms. The average Bonchev–Trinajstić information content (AvgIpc) is 2.95. The maximum Gasteiger partial charge on any atom is 0.416 e. The van der Waals surface area contributed by atoms with E-state index in [0.717, 1.165) is 29.3 Å². The van der Waals surface area contributed by atoms with Crippen LogP contribution in [-0.4, -0.2) is 28.4 Å². The monoisotopic (exact) mass is 360 g/mol. The number of ether oxygens (including phenoxy) is 1. The van der Waals surface area contributed by atoms with Gasteiger partial charge in [-0.25, -0.2) is 4.98 Å². The highest BCUT2D eigenvalue weighted by Crippen LogP contribution is 2.30. The summed E-state index contributed by atoms with van der Waals surface area (Å²) in [5.41, 5.74) is 0.839. The number of aliphatic hydroxyl groups is 1. The molecule has 0 bridgehead atoms. The minimum atomic E-state index is -4.32. The summed E-state index contributed by atoms with van der Waals surface area (Å²) in [6.07, 6.45) is -1.92. The number of halogens is 3. The molecule has 0 amide bonds. The maximum absolute atomic E-state index is 12.6. The summed E-state index contributed by atoms with van der Waals surface area (Å²) in [5, 5.41) is 10.1. The van der Waals surface area contributed by atoms with Gasteiger partial charge >= 0.3 is 6.18 Å². The van der Waals surface area contributed by atoms with Crippen LogP contribution < -0.4 is 0 Å². The molecular weight excluding hydrogens is 341 g/mol. The number of hydrogen-bond acceptors (Lipinski definition) is 4. The van der Waals surface area contributed by atoms with E-state index in [2.05, 4.69) is 4.98 Å². The van der Waals surface area contributed by atoms with Crippen LogP contribution in [-0.2, 0) is 29.8 Å². The molecule has 1 aromatic heterocycles. The number of methoxy groups -OCH3 is 1. The highest BCUT2D eigenvalue weighted by atomic mass is 32.2. The van der Waals surface area contributed by atoms with Crippen molar-refractivity contribution in [2.75, 3.05) is 13.7 Å². The molecule has 1 N–H and O–H groups in total. The normalized spacial score (nSPS) is 11.9. The SMILES string of the molecule is COCCCn1c(CO)cnc1SCc1ccc(C(F)(F)F)cc1. The Morgan fingerprint density at radius 2 is 1.96 bits per heavy atom. The summed E-state index contributed by atoms with van der Waals surface area (Å²) in [4.78, 5) is 4.28. The molecule has 0 atom stereocenters. The summed E-state index contributed by atoms with van der Waals surface area (Å²) in [5.74, 6) is 0.504. The quantitative estimate of drug-likeness (QED) is 0.576. The molecule has 0 saturated heterocycles. The van der Waals surface area contributed by atoms with Crippen LogP contribution in [0.2, 0.25) is 0 Å². The van der Waals surface area contributed by atoms with E-state index in [4.69, 9.17) is 4.74 Å². The first-order chi connectivity index (χ1) is 11.5. The van der Waals surface area contributed by atoms with Gasteiger partial charge in [0.05, 0.1) is 24.1 Å². The molecule has 0 aliphatic carbocycles. The van der Waals surface area contributed by atoms with Gasteiger partial charge in [0.2, 0.25) is 0 Å². The minimum absolute atomic E-state index is 0.110. The summed E-state index contributed by atoms with van der Waals surface area (Å²) >= 11 is 1.43. The number of thioether (sulfide) groups is 1. The van der Waals surface area contributed by atoms with Crippen LogP contribution in [0.3, 0.4) is 0 Å². The molecule has 2 aromatic rings. The largest absolute Gasteiger partial charge is 0.416 e. The third-order valence-corrected chi connectivity index (χ3v) is 4.50. The fraction of sp³-hybridized carbons (Fsp3) is 0.438. The Bertz CT molecular complexity index is 642. The Kier molecular flexibility index (Phi) is 6.70. The van der Waals surface area contributed by atoms with Crippen LogP contribution in [0, 0.1) is 0 Å². The predicted molar refractivity (Wildman–Crippen MR) is 85.6 cm³/mol. The summed E-state index contributed by atoms with van der Waals surface area (Å²) in [6, 6.07) is 5.11. The Hall–Kier alpha value is -1.51. The number of alkyl halides is 3. The molecule has 132 valence electrons. The van der Waals surface area contributed by atoms with Crippen molar-refractivity contribution in [3.8, 4) is 0 Å². The topological polar surface area (TPSA) is 47.3 Å². The van der Waals surface area contributed by atoms with Gasteiger partial charge in [-0.2, -0.15) is 13.2 Å². The van der Waals surface area contributed by atoms with Gasteiger partial charge in [0.1, 0.15) is 0 Å². The first kappa shape index (κ1) is 18.8. The number of rotatable bonds is 8. The number of imidazole rings is 1. The van der Waals surface area contributed by atoms with Gasteiger partial charge in [0, 0.05) is 26.0 Å². The second kappa shape index (κ2) is 8.55. The van der Waals surface area contributed by atoms with Gasteiger partial charge in [-0.05, 0) is 24.1 Å². The highest BCUT2D eigenvalue weighted by molar-refractivity contribution is 7.98. The van der Waals surface area contributed by atoms with E-state index in [9.17, 15) is 18.3 Å². The molecule has 0 aliphatic rings. The van der Waals surface area contributed by atoms with E-state index in [-0.39, 0.29) is 6.61 Å². The maximum atomic E-state index is 12.6. The van der Waals surface area contributed by atoms with Crippen molar-refractivity contribution >= 4 is 11.8 Å². The molecule has 0 aliphatic heterocycles. The van der Waals surface area contributed by atoms with Crippen LogP contribution in [0.1, 0.15) is 23.2 Å². The van der Waals surface area contributed by atoms with Crippen LogP contribution in [0.25, 0.3) is 0 Å². The van der Waals surface area contributed by atoms with Crippen molar-refractivity contribution in [2.45, 2.75) is 36.7 Å². The molecule has 0 radical (unpaired) electrons. The third-order valence-electron chi connectivity index (χ3n) is 3.44. The van der Waals surface area contributed by atoms with Gasteiger partial charge in [0.15, 0.2) is 5.16 Å². The lowest BCUT2D eigenvalue weighted by Gasteiger charge is -2.11. The van der Waals surface area contributed by atoms with E-state index < -0.39 is 11.7 Å². The van der Waals surface area contributed by atoms with Crippen molar-refractivity contribution < 1.29 is 23.0 Å². The number of hydrogen-bond donors (Lipinski definition) is 1. The molecule has 0 fully saturated rings. The molecule has 1 heterocycles. The zero-order valence-electron chi connectivity index (χ0n) is 13.2. The van der Waals surface area contributed by atoms with Gasteiger partial charge in [-0.3, -0.25) is 0 Å². The highest BCUT2D eigenvalue weighted by Gasteiger charge is 2.29. The van der Waals surface area contributed by atoms with Crippen molar-refractivity contribution in [3.63, 3.8) is 0 Å². The van der Waals surface area contributed by atoms with E-state index in [1.54, 1.807) is 13.3 Å². The van der Waals surface area contributed by atoms with E-state index in [1.807, 2.05) is 4.57 Å². The lowest BCUT2D eigenvalue weighted by Crippen LogP contribution is -2.07. The minimum Gasteiger partial charge on any atom is -0.390 e. The van der Waals surface area contributed by atoms with E-state index in [1.165, 1.54) is 23.9 Å². The standard InChI is InChI=1S/C16H19F3N2O2S/c1-23-8-2-7-21-14(10-22)9-20-15(21)24-11-12-3-5-13(6-4-12)16(17,18)19/h3-6,9,22H,2,7-8,10-11H2,1H3. The average molecular weight is 360 g/mol. The zero-order valence-corrected chi connectivity index (χ0v) is 14.0. The number of benzene rings is 1. The van der Waals surface area contributed by atoms with Crippen molar-refractivity contribution in [1.29, 1.82) is 0 Å². The van der Waals surface area contributed by atoms with Crippen LogP contribution in [0.5, 0.6) is 0 Å². The molecule has 0 saturated carbocycles. The van der Waals surface area contributed by atoms with Crippen molar-refractivity contribution in [1.82, 2.24) is 9.55 Å². The van der Waals surface area contributed by atoms with Gasteiger partial charge in [0.25, 0.3) is 0 Å². The fourth-order valence-corrected chi connectivity index (χ4v) is 3.16. The Morgan fingerprint density at radius 1 is 1.25 bits per heavy atom. The second-order valence-electron chi connectivity index (χ2n) is 5.17. The van der Waals surface area contributed by atoms with Gasteiger partial charge < -0.3 is 14.4 Å². The smallest absolute Gasteiger partial charge is 0.390 e. The van der Waals surface area contributed by atoms with Crippen LogP contribution in [0.4, 0.5) is 13.2 Å². The molecule has 1 aromatic carbocycles. The molecule has 0 unspecified atom stereocenters. The van der Waals surface area contributed by atoms with Gasteiger partial charge in [-0.15, -0.1) is 0 Å². The molecule has 24 heavy (non-hydrogen) atoms. The molecular formula is C16H19F3N2O2S. The second-order valence-corrected chi connectivity index (χ2v) is 6.11. The van der Waals surface area contributed by atoms with E-state index in [0.29, 0.717) is 24.6 Å². The van der Waals surface area contributed by atoms with Crippen molar-refractivity contribution in [3.05, 3.63) is 47.3 Å². The number of aliphatic hydroxyl groups excluding tert-OH is 1. The number of aromatic nitrogens is 2. The van der Waals surface area contributed by atoms with E-state index >= 15 is 0 Å². The lowest BCUT2D eigenvalue weighted by molar-refractivity contribution is -0.137. The summed E-state index contributed by atoms with van der Waals surface area (Å²) in [7, 11) is 1.63. The van der Waals surface area contributed by atoms with Gasteiger partial charge in [-0.1, -0.05) is 23.9 Å². The van der Waals surface area contributed by atoms with Crippen LogP contribution >= 0.6 is 11.8 Å². The molecule has 2 rings (SSSR count). The predicted octanol–water partition coefficient (Wildman–Crippen LogP) is 3.72. The summed E-state index contributed by atoms with van der Waals surface area (Å²) in [6.45, 7) is 1.16. The summed E-state index contributed by atoms with van der Waals surface area (Å²) < 4.78 is 44.6. The first-order valence-electron chi connectivity index (χ1n) is 7.39. The Balaban J connectivity index is 2.02. The molecule has 4 nitrogen and oxygen atoms in total.